The van der Waals surface area contributed by atoms with Gasteiger partial charge in [0.25, 0.3) is 5.56 Å². The summed E-state index contributed by atoms with van der Waals surface area (Å²) in [4.78, 5) is 14.6. The number of nitrogens with two attached hydrogens (primary N) is 1. The van der Waals surface area contributed by atoms with Crippen molar-refractivity contribution in [1.29, 1.82) is 0 Å². The predicted molar refractivity (Wildman–Crippen MR) is 88.2 cm³/mol. The van der Waals surface area contributed by atoms with E-state index in [1.165, 1.54) is 0 Å². The molecule has 3 rings (SSSR count). The van der Waals surface area contributed by atoms with Crippen LogP contribution in [-0.4, -0.2) is 23.3 Å². The number of pyridine rings is 1. The number of H-pyrrole nitrogens is 1. The third-order valence-corrected chi connectivity index (χ3v) is 4.76. The summed E-state index contributed by atoms with van der Waals surface area (Å²) in [5, 5.41) is 1.47. The Balaban J connectivity index is 2.09. The molecule has 2 aromatic rings. The van der Waals surface area contributed by atoms with Crippen LogP contribution in [0.1, 0.15) is 33.3 Å². The molecule has 0 bridgehead atoms. The van der Waals surface area contributed by atoms with Crippen molar-refractivity contribution in [1.82, 2.24) is 4.98 Å². The Kier molecular flexibility index (Phi) is 3.43. The molecule has 0 aliphatic carbocycles. The molecule has 1 aliphatic rings. The zero-order chi connectivity index (χ0) is 16.1. The van der Waals surface area contributed by atoms with Crippen molar-refractivity contribution < 1.29 is 9.31 Å². The van der Waals surface area contributed by atoms with Crippen LogP contribution in [0.15, 0.2) is 29.2 Å². The van der Waals surface area contributed by atoms with Crippen LogP contribution in [-0.2, 0) is 15.9 Å². The van der Waals surface area contributed by atoms with E-state index < -0.39 is 18.3 Å². The van der Waals surface area contributed by atoms with Gasteiger partial charge >= 0.3 is 7.12 Å². The molecule has 2 heterocycles. The van der Waals surface area contributed by atoms with Crippen LogP contribution < -0.4 is 16.8 Å². The molecule has 22 heavy (non-hydrogen) atoms. The van der Waals surface area contributed by atoms with Gasteiger partial charge in [-0.3, -0.25) is 4.79 Å². The van der Waals surface area contributed by atoms with Crippen molar-refractivity contribution >= 4 is 23.4 Å². The van der Waals surface area contributed by atoms with Crippen LogP contribution in [0, 0.1) is 0 Å². The van der Waals surface area contributed by atoms with Gasteiger partial charge in [-0.05, 0) is 50.2 Å². The number of hydrogen-bond donors (Lipinski definition) is 2. The molecule has 1 aliphatic heterocycles. The summed E-state index contributed by atoms with van der Waals surface area (Å²) in [5.41, 5.74) is 6.66. The second-order valence-corrected chi connectivity index (χ2v) is 6.74. The minimum absolute atomic E-state index is 0.118. The molecule has 0 saturated carbocycles. The maximum atomic E-state index is 11.9. The summed E-state index contributed by atoms with van der Waals surface area (Å²) in [6, 6.07) is 5.61. The fraction of sp³-hybridized carbons (Fsp3) is 0.438. The van der Waals surface area contributed by atoms with Gasteiger partial charge in [0.05, 0.1) is 11.2 Å². The lowest BCUT2D eigenvalue weighted by molar-refractivity contribution is 0.00578. The highest BCUT2D eigenvalue weighted by atomic mass is 16.7. The smallest absolute Gasteiger partial charge is 0.399 e. The van der Waals surface area contributed by atoms with Crippen LogP contribution >= 0.6 is 0 Å². The summed E-state index contributed by atoms with van der Waals surface area (Å²) in [6.07, 6.45) is 1.67. The van der Waals surface area contributed by atoms with Gasteiger partial charge in [0.2, 0.25) is 0 Å². The van der Waals surface area contributed by atoms with Gasteiger partial charge in [-0.25, -0.2) is 0 Å². The molecule has 1 aromatic heterocycles. The highest BCUT2D eigenvalue weighted by molar-refractivity contribution is 6.62. The van der Waals surface area contributed by atoms with Crippen LogP contribution in [0.2, 0.25) is 0 Å². The molecular formula is C16H21BN2O3. The summed E-state index contributed by atoms with van der Waals surface area (Å²) in [6.45, 7) is 8.43. The highest BCUT2D eigenvalue weighted by Crippen LogP contribution is 2.36. The SMILES string of the molecule is CC1(C)OB(c2ccc3c(=O)[nH]cc(CN)c3c2)OC1(C)C. The van der Waals surface area contributed by atoms with E-state index in [0.717, 1.165) is 16.4 Å². The summed E-state index contributed by atoms with van der Waals surface area (Å²) < 4.78 is 12.1. The highest BCUT2D eigenvalue weighted by Gasteiger charge is 2.51. The van der Waals surface area contributed by atoms with Crippen molar-refractivity contribution in [2.24, 2.45) is 5.73 Å². The van der Waals surface area contributed by atoms with Crippen molar-refractivity contribution in [3.8, 4) is 0 Å². The molecule has 5 nitrogen and oxygen atoms in total. The molecule has 1 fully saturated rings. The largest absolute Gasteiger partial charge is 0.494 e. The first-order chi connectivity index (χ1) is 10.2. The third-order valence-electron chi connectivity index (χ3n) is 4.76. The van der Waals surface area contributed by atoms with Gasteiger partial charge < -0.3 is 20.0 Å². The second-order valence-electron chi connectivity index (χ2n) is 6.74. The van der Waals surface area contributed by atoms with E-state index >= 15 is 0 Å². The van der Waals surface area contributed by atoms with Crippen molar-refractivity contribution in [2.75, 3.05) is 0 Å². The Hall–Kier alpha value is -1.63. The number of nitrogens with one attached hydrogen (secondary N) is 1. The number of fused-ring (bicyclic) bond motifs is 1. The van der Waals surface area contributed by atoms with E-state index in [1.54, 1.807) is 12.3 Å². The number of aromatic nitrogens is 1. The van der Waals surface area contributed by atoms with Gasteiger partial charge in [0.1, 0.15) is 0 Å². The molecule has 0 radical (unpaired) electrons. The second kappa shape index (κ2) is 4.94. The maximum absolute atomic E-state index is 11.9. The van der Waals surface area contributed by atoms with E-state index in [4.69, 9.17) is 15.0 Å². The van der Waals surface area contributed by atoms with Gasteiger partial charge in [0.15, 0.2) is 0 Å². The number of rotatable bonds is 2. The molecule has 116 valence electrons. The minimum Gasteiger partial charge on any atom is -0.399 e. The molecular weight excluding hydrogens is 279 g/mol. The topological polar surface area (TPSA) is 77.3 Å². The lowest BCUT2D eigenvalue weighted by atomic mass is 9.78. The molecule has 6 heteroatoms. The fourth-order valence-electron chi connectivity index (χ4n) is 2.63. The molecule has 3 N–H and O–H groups in total. The fourth-order valence-corrected chi connectivity index (χ4v) is 2.63. The molecule has 0 amide bonds. The van der Waals surface area contributed by atoms with Gasteiger partial charge in [-0.1, -0.05) is 12.1 Å². The zero-order valence-electron chi connectivity index (χ0n) is 13.4. The van der Waals surface area contributed by atoms with Gasteiger partial charge in [0, 0.05) is 18.1 Å². The standard InChI is InChI=1S/C16H21BN2O3/c1-15(2)16(3,4)22-17(21-15)11-5-6-12-13(7-11)10(8-18)9-19-14(12)20/h5-7,9H,8,18H2,1-4H3,(H,19,20). The lowest BCUT2D eigenvalue weighted by Crippen LogP contribution is -2.41. The summed E-state index contributed by atoms with van der Waals surface area (Å²) in [7, 11) is -0.445. The Morgan fingerprint density at radius 1 is 1.14 bits per heavy atom. The van der Waals surface area contributed by atoms with E-state index in [9.17, 15) is 4.79 Å². The zero-order valence-corrected chi connectivity index (χ0v) is 13.4. The van der Waals surface area contributed by atoms with Crippen LogP contribution in [0.4, 0.5) is 0 Å². The van der Waals surface area contributed by atoms with Crippen molar-refractivity contribution in [3.63, 3.8) is 0 Å². The molecule has 0 spiro atoms. The first-order valence-electron chi connectivity index (χ1n) is 7.45. The Labute approximate surface area is 130 Å². The van der Waals surface area contributed by atoms with E-state index in [1.807, 2.05) is 39.8 Å². The number of aromatic amines is 1. The van der Waals surface area contributed by atoms with E-state index in [0.29, 0.717) is 11.9 Å². The van der Waals surface area contributed by atoms with E-state index in [-0.39, 0.29) is 5.56 Å². The lowest BCUT2D eigenvalue weighted by Gasteiger charge is -2.32. The molecule has 1 aromatic carbocycles. The quantitative estimate of drug-likeness (QED) is 0.819. The Bertz CT molecular complexity index is 767. The van der Waals surface area contributed by atoms with Gasteiger partial charge in [-0.15, -0.1) is 0 Å². The van der Waals surface area contributed by atoms with Crippen LogP contribution in [0.3, 0.4) is 0 Å². The number of hydrogen-bond acceptors (Lipinski definition) is 4. The van der Waals surface area contributed by atoms with Crippen LogP contribution in [0.25, 0.3) is 10.8 Å². The van der Waals surface area contributed by atoms with Gasteiger partial charge in [-0.2, -0.15) is 0 Å². The predicted octanol–water partition coefficient (Wildman–Crippen LogP) is 1.29. The maximum Gasteiger partial charge on any atom is 0.494 e. The molecule has 1 saturated heterocycles. The minimum atomic E-state index is -0.445. The Morgan fingerprint density at radius 3 is 2.36 bits per heavy atom. The first kappa shape index (κ1) is 15.3. The van der Waals surface area contributed by atoms with Crippen molar-refractivity contribution in [2.45, 2.75) is 45.4 Å². The van der Waals surface area contributed by atoms with Crippen LogP contribution in [0.5, 0.6) is 0 Å². The Morgan fingerprint density at radius 2 is 1.77 bits per heavy atom. The molecule has 0 unspecified atom stereocenters. The normalized spacial score (nSPS) is 19.8. The van der Waals surface area contributed by atoms with Crippen molar-refractivity contribution in [3.05, 3.63) is 40.3 Å². The average molecular weight is 300 g/mol. The summed E-state index contributed by atoms with van der Waals surface area (Å²) >= 11 is 0. The molecule has 0 atom stereocenters. The number of benzene rings is 1. The van der Waals surface area contributed by atoms with E-state index in [2.05, 4.69) is 4.98 Å². The average Bonchev–Trinajstić information content (AvgIpc) is 2.68. The first-order valence-corrected chi connectivity index (χ1v) is 7.45. The third kappa shape index (κ3) is 2.28. The monoisotopic (exact) mass is 300 g/mol. The summed E-state index contributed by atoms with van der Waals surface area (Å²) in [5.74, 6) is 0.